The summed E-state index contributed by atoms with van der Waals surface area (Å²) >= 11 is 5.57. The van der Waals surface area contributed by atoms with Crippen LogP contribution >= 0.6 is 12.2 Å². The Balaban J connectivity index is 1.61. The molecule has 0 unspecified atom stereocenters. The second kappa shape index (κ2) is 8.95. The minimum atomic E-state index is -1.17. The van der Waals surface area contributed by atoms with E-state index in [1.54, 1.807) is 32.2 Å². The molecule has 1 aliphatic heterocycles. The molecule has 1 aliphatic rings. The highest BCUT2D eigenvalue weighted by Crippen LogP contribution is 2.39. The molecule has 0 N–H and O–H groups in total. The van der Waals surface area contributed by atoms with Crippen molar-refractivity contribution in [1.82, 2.24) is 4.98 Å². The molecule has 1 fully saturated rings. The number of thiocarbonyl (C=S) groups is 1. The van der Waals surface area contributed by atoms with Crippen molar-refractivity contribution in [2.75, 3.05) is 9.80 Å². The molecule has 0 atom stereocenters. The number of rotatable bonds is 6. The Morgan fingerprint density at radius 1 is 1.21 bits per heavy atom. The first kappa shape index (κ1) is 23.5. The van der Waals surface area contributed by atoms with Gasteiger partial charge >= 0.3 is 0 Å². The predicted molar refractivity (Wildman–Crippen MR) is 129 cm³/mol. The van der Waals surface area contributed by atoms with Crippen molar-refractivity contribution in [2.45, 2.75) is 45.6 Å². The zero-order chi connectivity index (χ0) is 24.6. The molecule has 0 radical (unpaired) electrons. The number of amides is 1. The summed E-state index contributed by atoms with van der Waals surface area (Å²) in [6, 6.07) is 7.55. The van der Waals surface area contributed by atoms with Gasteiger partial charge in [-0.3, -0.25) is 9.69 Å². The molecular weight excluding hydrogens is 458 g/mol. The smallest absolute Gasteiger partial charge is 0.259 e. The topological polar surface area (TPSA) is 53.9 Å². The number of hydrogen-bond donors (Lipinski definition) is 0. The highest BCUT2D eigenvalue weighted by molar-refractivity contribution is 7.81. The number of halogens is 2. The Morgan fingerprint density at radius 3 is 2.62 bits per heavy atom. The lowest BCUT2D eigenvalue weighted by atomic mass is 10.0. The maximum Gasteiger partial charge on any atom is 0.259 e. The van der Waals surface area contributed by atoms with E-state index in [1.807, 2.05) is 0 Å². The van der Waals surface area contributed by atoms with Crippen LogP contribution in [0.5, 0.6) is 0 Å². The van der Waals surface area contributed by atoms with Crippen molar-refractivity contribution in [3.63, 3.8) is 0 Å². The quantitative estimate of drug-likeness (QED) is 0.325. The highest BCUT2D eigenvalue weighted by Gasteiger charge is 2.51. The standard InChI is InChI=1S/C25H22F2N4O2S/c1-15-19(28-4)10-11-20(22(15)27)30-23(32)25(2,3)31(24(30)34)17-9-8-16(18(26)14-17)6-5-7-21-29-12-13-33-21/h8-14H,5-7H2,1-3H3. The molecule has 0 spiro atoms. The summed E-state index contributed by atoms with van der Waals surface area (Å²) < 4.78 is 35.3. The van der Waals surface area contributed by atoms with Gasteiger partial charge in [-0.2, -0.15) is 0 Å². The number of nitrogens with zero attached hydrogens (tertiary/aromatic N) is 4. The van der Waals surface area contributed by atoms with Gasteiger partial charge in [0.15, 0.2) is 16.7 Å². The third kappa shape index (κ3) is 3.94. The van der Waals surface area contributed by atoms with Gasteiger partial charge in [0.05, 0.1) is 18.5 Å². The van der Waals surface area contributed by atoms with E-state index < -0.39 is 23.1 Å². The van der Waals surface area contributed by atoms with Gasteiger partial charge in [0.25, 0.3) is 5.91 Å². The minimum Gasteiger partial charge on any atom is -0.449 e. The van der Waals surface area contributed by atoms with Gasteiger partial charge in [-0.25, -0.2) is 18.6 Å². The van der Waals surface area contributed by atoms with Crippen molar-refractivity contribution < 1.29 is 18.0 Å². The SMILES string of the molecule is [C-]#[N+]c1ccc(N2C(=O)C(C)(C)N(c3ccc(CCCc4ncco4)c(F)c3)C2=S)c(F)c1C. The molecule has 0 saturated carbocycles. The van der Waals surface area contributed by atoms with Gasteiger partial charge in [0.2, 0.25) is 0 Å². The lowest BCUT2D eigenvalue weighted by Crippen LogP contribution is -2.44. The van der Waals surface area contributed by atoms with Crippen LogP contribution in [-0.2, 0) is 17.6 Å². The van der Waals surface area contributed by atoms with Crippen LogP contribution in [0.25, 0.3) is 4.85 Å². The second-order valence-electron chi connectivity index (χ2n) is 8.53. The third-order valence-corrected chi connectivity index (χ3v) is 6.35. The molecular formula is C25H22F2N4O2S. The van der Waals surface area contributed by atoms with Crippen LogP contribution in [0.3, 0.4) is 0 Å². The van der Waals surface area contributed by atoms with E-state index in [9.17, 15) is 9.18 Å². The Labute approximate surface area is 201 Å². The van der Waals surface area contributed by atoms with Crippen LogP contribution < -0.4 is 9.80 Å². The fourth-order valence-corrected chi connectivity index (χ4v) is 4.59. The number of benzene rings is 2. The first-order valence-electron chi connectivity index (χ1n) is 10.7. The summed E-state index contributed by atoms with van der Waals surface area (Å²) in [5, 5.41) is 0.0416. The van der Waals surface area contributed by atoms with Gasteiger partial charge in [-0.1, -0.05) is 12.1 Å². The third-order valence-electron chi connectivity index (χ3n) is 5.98. The summed E-state index contributed by atoms with van der Waals surface area (Å²) in [4.78, 5) is 23.3. The number of aryl methyl sites for hydroxylation is 2. The van der Waals surface area contributed by atoms with Crippen LogP contribution in [0, 0.1) is 25.1 Å². The van der Waals surface area contributed by atoms with Gasteiger partial charge in [-0.05, 0) is 75.2 Å². The summed E-state index contributed by atoms with van der Waals surface area (Å²) in [6.45, 7) is 12.0. The summed E-state index contributed by atoms with van der Waals surface area (Å²) in [5.74, 6) is -0.944. The molecule has 2 aromatic carbocycles. The fourth-order valence-electron chi connectivity index (χ4n) is 4.08. The van der Waals surface area contributed by atoms with Crippen LogP contribution in [0.2, 0.25) is 0 Å². The largest absolute Gasteiger partial charge is 0.449 e. The number of hydrogen-bond acceptors (Lipinski definition) is 4. The van der Waals surface area contributed by atoms with E-state index in [4.69, 9.17) is 23.2 Å². The van der Waals surface area contributed by atoms with Crippen LogP contribution in [0.15, 0.2) is 47.2 Å². The van der Waals surface area contributed by atoms with Crippen molar-refractivity contribution in [3.8, 4) is 0 Å². The van der Waals surface area contributed by atoms with E-state index in [0.717, 1.165) is 4.90 Å². The van der Waals surface area contributed by atoms with Gasteiger partial charge in [-0.15, -0.1) is 0 Å². The molecule has 6 nitrogen and oxygen atoms in total. The number of carbonyl (C=O) groups excluding carboxylic acids is 1. The zero-order valence-electron chi connectivity index (χ0n) is 18.9. The molecule has 9 heteroatoms. The predicted octanol–water partition coefficient (Wildman–Crippen LogP) is 5.90. The number of anilines is 2. The number of aromatic nitrogens is 1. The Bertz CT molecular complexity index is 1320. The molecule has 3 aromatic rings. The van der Waals surface area contributed by atoms with Crippen molar-refractivity contribution in [2.24, 2.45) is 0 Å². The van der Waals surface area contributed by atoms with Crippen LogP contribution in [0.1, 0.15) is 37.3 Å². The molecule has 34 heavy (non-hydrogen) atoms. The first-order valence-corrected chi connectivity index (χ1v) is 11.1. The molecule has 1 amide bonds. The maximum absolute atomic E-state index is 15.1. The fraction of sp³-hybridized carbons (Fsp3) is 0.280. The lowest BCUT2D eigenvalue weighted by molar-refractivity contribution is -0.120. The average Bonchev–Trinajstić information content (AvgIpc) is 3.37. The van der Waals surface area contributed by atoms with Gasteiger partial charge in [0.1, 0.15) is 23.4 Å². The van der Waals surface area contributed by atoms with Crippen molar-refractivity contribution in [3.05, 3.63) is 82.9 Å². The number of carbonyl (C=O) groups is 1. The molecule has 174 valence electrons. The van der Waals surface area contributed by atoms with Gasteiger partial charge in [0, 0.05) is 12.1 Å². The molecule has 4 rings (SSSR count). The average molecular weight is 481 g/mol. The monoisotopic (exact) mass is 480 g/mol. The lowest BCUT2D eigenvalue weighted by Gasteiger charge is -2.29. The Hall–Kier alpha value is -3.64. The van der Waals surface area contributed by atoms with Crippen molar-refractivity contribution >= 4 is 40.3 Å². The molecule has 0 bridgehead atoms. The van der Waals surface area contributed by atoms with Crippen LogP contribution in [-0.4, -0.2) is 21.5 Å². The summed E-state index contributed by atoms with van der Waals surface area (Å²) in [7, 11) is 0. The van der Waals surface area contributed by atoms with E-state index in [-0.39, 0.29) is 22.1 Å². The first-order chi connectivity index (χ1) is 16.2. The zero-order valence-corrected chi connectivity index (χ0v) is 19.7. The Morgan fingerprint density at radius 2 is 1.97 bits per heavy atom. The van der Waals surface area contributed by atoms with Crippen molar-refractivity contribution in [1.29, 1.82) is 0 Å². The van der Waals surface area contributed by atoms with Gasteiger partial charge < -0.3 is 9.32 Å². The second-order valence-corrected chi connectivity index (χ2v) is 8.89. The molecule has 1 saturated heterocycles. The number of oxazole rings is 1. The summed E-state index contributed by atoms with van der Waals surface area (Å²) in [6.07, 6.45) is 4.82. The highest BCUT2D eigenvalue weighted by atomic mass is 32.1. The summed E-state index contributed by atoms with van der Waals surface area (Å²) in [5.41, 5.74) is 0.0241. The van der Waals surface area contributed by atoms with E-state index in [2.05, 4.69) is 9.83 Å². The molecule has 1 aromatic heterocycles. The maximum atomic E-state index is 15.1. The van der Waals surface area contributed by atoms with E-state index in [1.165, 1.54) is 36.3 Å². The minimum absolute atomic E-state index is 0.0286. The van der Waals surface area contributed by atoms with E-state index in [0.29, 0.717) is 36.4 Å². The van der Waals surface area contributed by atoms with Crippen LogP contribution in [0.4, 0.5) is 25.8 Å². The molecule has 0 aliphatic carbocycles. The normalized spacial score (nSPS) is 15.2. The van der Waals surface area contributed by atoms with E-state index >= 15 is 4.39 Å². The Kier molecular flexibility index (Phi) is 6.19. The molecule has 2 heterocycles.